The first kappa shape index (κ1) is 19.8. The number of hydrogen-bond donors (Lipinski definition) is 1. The third kappa shape index (κ3) is 4.86. The number of aromatic nitrogens is 1. The lowest BCUT2D eigenvalue weighted by Gasteiger charge is -2.12. The topological polar surface area (TPSA) is 50.2 Å². The normalized spacial score (nSPS) is 11.7. The standard InChI is InChI=1S/C25H27NO2/c1-3-4-5-7-10-19-13-14-23-22(16-19)21(20-11-8-6-9-12-20)17-24(26-23)18(2)15-25(27)28/h6,8-9,11-17H,3-5,7,10H2,1-2H3,(H,27,28)/b18-15+. The van der Waals surface area contributed by atoms with Crippen molar-refractivity contribution in [3.05, 3.63) is 71.9 Å². The highest BCUT2D eigenvalue weighted by Crippen LogP contribution is 2.31. The molecule has 0 aliphatic heterocycles. The molecule has 3 heteroatoms. The molecule has 1 aromatic heterocycles. The number of aliphatic carboxylic acids is 1. The van der Waals surface area contributed by atoms with Crippen molar-refractivity contribution in [2.45, 2.75) is 46.0 Å². The molecule has 0 spiro atoms. The Balaban J connectivity index is 2.08. The molecular weight excluding hydrogens is 346 g/mol. The Kier molecular flexibility index (Phi) is 6.59. The molecule has 0 bridgehead atoms. The average Bonchev–Trinajstić information content (AvgIpc) is 2.70. The Morgan fingerprint density at radius 3 is 2.54 bits per heavy atom. The van der Waals surface area contributed by atoms with Crippen molar-refractivity contribution >= 4 is 22.4 Å². The van der Waals surface area contributed by atoms with Crippen LogP contribution < -0.4 is 0 Å². The van der Waals surface area contributed by atoms with Gasteiger partial charge in [-0.25, -0.2) is 9.78 Å². The predicted molar refractivity (Wildman–Crippen MR) is 116 cm³/mol. The van der Waals surface area contributed by atoms with Crippen LogP contribution in [0.1, 0.15) is 50.8 Å². The molecule has 3 aromatic rings. The first-order valence-corrected chi connectivity index (χ1v) is 9.99. The number of nitrogens with zero attached hydrogens (tertiary/aromatic N) is 1. The van der Waals surface area contributed by atoms with Crippen LogP contribution in [-0.2, 0) is 11.2 Å². The summed E-state index contributed by atoms with van der Waals surface area (Å²) in [5.74, 6) is -0.955. The molecular formula is C25H27NO2. The molecule has 28 heavy (non-hydrogen) atoms. The lowest BCUT2D eigenvalue weighted by Crippen LogP contribution is -1.96. The van der Waals surface area contributed by atoms with Gasteiger partial charge in [-0.3, -0.25) is 0 Å². The minimum Gasteiger partial charge on any atom is -0.478 e. The van der Waals surface area contributed by atoms with Gasteiger partial charge in [-0.2, -0.15) is 0 Å². The summed E-state index contributed by atoms with van der Waals surface area (Å²) in [5.41, 5.74) is 5.77. The summed E-state index contributed by atoms with van der Waals surface area (Å²) in [6.45, 7) is 4.02. The summed E-state index contributed by atoms with van der Waals surface area (Å²) < 4.78 is 0. The molecule has 0 aliphatic carbocycles. The van der Waals surface area contributed by atoms with Crippen molar-refractivity contribution in [1.82, 2.24) is 4.98 Å². The number of fused-ring (bicyclic) bond motifs is 1. The van der Waals surface area contributed by atoms with Crippen LogP contribution in [0.2, 0.25) is 0 Å². The van der Waals surface area contributed by atoms with Crippen LogP contribution in [0.3, 0.4) is 0 Å². The molecule has 0 radical (unpaired) electrons. The molecule has 144 valence electrons. The molecule has 3 rings (SSSR count). The van der Waals surface area contributed by atoms with Crippen molar-refractivity contribution in [2.75, 3.05) is 0 Å². The maximum atomic E-state index is 11.1. The number of rotatable bonds is 8. The summed E-state index contributed by atoms with van der Waals surface area (Å²) in [5, 5.41) is 10.2. The number of benzene rings is 2. The highest BCUT2D eigenvalue weighted by atomic mass is 16.4. The SMILES string of the molecule is CCCCCCc1ccc2nc(/C(C)=C/C(=O)O)cc(-c3ccccc3)c2c1. The molecule has 0 amide bonds. The van der Waals surface area contributed by atoms with Gasteiger partial charge in [0, 0.05) is 11.5 Å². The smallest absolute Gasteiger partial charge is 0.328 e. The Morgan fingerprint density at radius 1 is 1.04 bits per heavy atom. The number of hydrogen-bond acceptors (Lipinski definition) is 2. The minimum atomic E-state index is -0.955. The van der Waals surface area contributed by atoms with Crippen LogP contribution in [0.4, 0.5) is 0 Å². The average molecular weight is 373 g/mol. The highest BCUT2D eigenvalue weighted by Gasteiger charge is 2.11. The third-order valence-corrected chi connectivity index (χ3v) is 5.02. The zero-order chi connectivity index (χ0) is 19.9. The van der Waals surface area contributed by atoms with Crippen LogP contribution in [0, 0.1) is 0 Å². The largest absolute Gasteiger partial charge is 0.478 e. The van der Waals surface area contributed by atoms with Crippen LogP contribution in [-0.4, -0.2) is 16.1 Å². The molecule has 0 saturated heterocycles. The fraction of sp³-hybridized carbons (Fsp3) is 0.280. The Morgan fingerprint density at radius 2 is 1.82 bits per heavy atom. The van der Waals surface area contributed by atoms with Gasteiger partial charge >= 0.3 is 5.97 Å². The monoisotopic (exact) mass is 373 g/mol. The second-order valence-electron chi connectivity index (χ2n) is 7.25. The van der Waals surface area contributed by atoms with Crippen molar-refractivity contribution < 1.29 is 9.90 Å². The van der Waals surface area contributed by atoms with Gasteiger partial charge in [-0.05, 0) is 60.2 Å². The van der Waals surface area contributed by atoms with E-state index in [0.29, 0.717) is 11.3 Å². The zero-order valence-electron chi connectivity index (χ0n) is 16.6. The second-order valence-corrected chi connectivity index (χ2v) is 7.25. The maximum absolute atomic E-state index is 11.1. The van der Waals surface area contributed by atoms with E-state index in [1.807, 2.05) is 24.3 Å². The van der Waals surface area contributed by atoms with Gasteiger partial charge in [0.1, 0.15) is 0 Å². The van der Waals surface area contributed by atoms with E-state index in [4.69, 9.17) is 10.1 Å². The number of carboxylic acid groups (broad SMARTS) is 1. The number of unbranched alkanes of at least 4 members (excludes halogenated alkanes) is 3. The highest BCUT2D eigenvalue weighted by molar-refractivity contribution is 5.97. The van der Waals surface area contributed by atoms with E-state index < -0.39 is 5.97 Å². The van der Waals surface area contributed by atoms with E-state index >= 15 is 0 Å². The first-order chi connectivity index (χ1) is 13.6. The third-order valence-electron chi connectivity index (χ3n) is 5.02. The molecule has 1 heterocycles. The molecule has 0 aliphatic rings. The number of allylic oxidation sites excluding steroid dienone is 1. The van der Waals surface area contributed by atoms with Crippen LogP contribution in [0.25, 0.3) is 27.6 Å². The first-order valence-electron chi connectivity index (χ1n) is 9.99. The number of carbonyl (C=O) groups is 1. The van der Waals surface area contributed by atoms with E-state index in [2.05, 4.69) is 37.3 Å². The number of carboxylic acids is 1. The molecule has 0 saturated carbocycles. The summed E-state index contributed by atoms with van der Waals surface area (Å²) in [7, 11) is 0. The van der Waals surface area contributed by atoms with Gasteiger partial charge < -0.3 is 5.11 Å². The summed E-state index contributed by atoms with van der Waals surface area (Å²) in [6, 6.07) is 18.7. The fourth-order valence-electron chi connectivity index (χ4n) is 3.50. The maximum Gasteiger partial charge on any atom is 0.328 e. The van der Waals surface area contributed by atoms with E-state index in [0.717, 1.165) is 28.5 Å². The Hall–Kier alpha value is -2.94. The zero-order valence-corrected chi connectivity index (χ0v) is 16.6. The van der Waals surface area contributed by atoms with Crippen LogP contribution in [0.5, 0.6) is 0 Å². The van der Waals surface area contributed by atoms with Crippen molar-refractivity contribution in [1.29, 1.82) is 0 Å². The minimum absolute atomic E-state index is 0.648. The Bertz CT molecular complexity index is 990. The van der Waals surface area contributed by atoms with E-state index in [1.54, 1.807) is 6.92 Å². The van der Waals surface area contributed by atoms with E-state index in [1.165, 1.54) is 37.3 Å². The van der Waals surface area contributed by atoms with Crippen molar-refractivity contribution in [3.8, 4) is 11.1 Å². The van der Waals surface area contributed by atoms with Gasteiger partial charge in [0.25, 0.3) is 0 Å². The van der Waals surface area contributed by atoms with E-state index in [-0.39, 0.29) is 0 Å². The van der Waals surface area contributed by atoms with E-state index in [9.17, 15) is 4.79 Å². The summed E-state index contributed by atoms with van der Waals surface area (Å²) in [6.07, 6.45) is 7.27. The second kappa shape index (κ2) is 9.32. The molecule has 2 aromatic carbocycles. The fourth-order valence-corrected chi connectivity index (χ4v) is 3.50. The predicted octanol–water partition coefficient (Wildman–Crippen LogP) is 6.51. The van der Waals surface area contributed by atoms with Gasteiger partial charge in [0.15, 0.2) is 0 Å². The summed E-state index contributed by atoms with van der Waals surface area (Å²) in [4.78, 5) is 15.8. The van der Waals surface area contributed by atoms with Crippen molar-refractivity contribution in [2.24, 2.45) is 0 Å². The number of aryl methyl sites for hydroxylation is 1. The number of pyridine rings is 1. The summed E-state index contributed by atoms with van der Waals surface area (Å²) >= 11 is 0. The van der Waals surface area contributed by atoms with Gasteiger partial charge in [0.05, 0.1) is 11.2 Å². The van der Waals surface area contributed by atoms with Gasteiger partial charge in [0.2, 0.25) is 0 Å². The lowest BCUT2D eigenvalue weighted by molar-refractivity contribution is -0.131. The Labute approximate surface area is 166 Å². The molecule has 0 atom stereocenters. The molecule has 0 unspecified atom stereocenters. The quantitative estimate of drug-likeness (QED) is 0.361. The molecule has 0 fully saturated rings. The molecule has 1 N–H and O–H groups in total. The van der Waals surface area contributed by atoms with Gasteiger partial charge in [-0.15, -0.1) is 0 Å². The lowest BCUT2D eigenvalue weighted by atomic mass is 9.96. The van der Waals surface area contributed by atoms with Crippen LogP contribution >= 0.6 is 0 Å². The van der Waals surface area contributed by atoms with Crippen LogP contribution in [0.15, 0.2) is 60.7 Å². The van der Waals surface area contributed by atoms with Gasteiger partial charge in [-0.1, -0.05) is 62.6 Å². The molecule has 3 nitrogen and oxygen atoms in total. The van der Waals surface area contributed by atoms with Crippen molar-refractivity contribution in [3.63, 3.8) is 0 Å².